The fourth-order valence-electron chi connectivity index (χ4n) is 1.87. The molecule has 23 heavy (non-hydrogen) atoms. The Kier molecular flexibility index (Phi) is 7.47. The number of sulfonamides is 1. The zero-order valence-electron chi connectivity index (χ0n) is 13.6. The molecule has 130 valence electrons. The Morgan fingerprint density at radius 3 is 2.57 bits per heavy atom. The molecule has 3 N–H and O–H groups in total. The molecule has 0 heterocycles. The Balaban J connectivity index is 2.95. The highest BCUT2D eigenvalue weighted by Gasteiger charge is 2.18. The lowest BCUT2D eigenvalue weighted by molar-refractivity contribution is 0.0697. The molecule has 0 aliphatic heterocycles. The highest BCUT2D eigenvalue weighted by molar-refractivity contribution is 7.89. The summed E-state index contributed by atoms with van der Waals surface area (Å²) in [5.74, 6) is -0.816. The van der Waals surface area contributed by atoms with Crippen molar-refractivity contribution in [2.75, 3.05) is 32.1 Å². The largest absolute Gasteiger partial charge is 0.478 e. The summed E-state index contributed by atoms with van der Waals surface area (Å²) in [5.41, 5.74) is 0.267. The lowest BCUT2D eigenvalue weighted by Crippen LogP contribution is -2.26. The third-order valence-electron chi connectivity index (χ3n) is 3.17. The number of methoxy groups -OCH3 is 1. The number of hydrogen-bond donors (Lipinski definition) is 3. The van der Waals surface area contributed by atoms with Crippen molar-refractivity contribution in [1.29, 1.82) is 0 Å². The quantitative estimate of drug-likeness (QED) is 0.559. The van der Waals surface area contributed by atoms with Crippen LogP contribution in [0.15, 0.2) is 23.1 Å². The second-order valence-corrected chi connectivity index (χ2v) is 7.28. The Labute approximate surface area is 137 Å². The van der Waals surface area contributed by atoms with Crippen LogP contribution in [-0.4, -0.2) is 46.3 Å². The van der Waals surface area contributed by atoms with Crippen molar-refractivity contribution in [1.82, 2.24) is 4.72 Å². The maximum atomic E-state index is 12.2. The SMILES string of the molecule is COCCNc1ccc(S(=O)(=O)NCCC(C)C)cc1C(=O)O. The Hall–Kier alpha value is -1.64. The third kappa shape index (κ3) is 6.17. The maximum absolute atomic E-state index is 12.2. The molecule has 0 amide bonds. The van der Waals surface area contributed by atoms with Gasteiger partial charge in [0.15, 0.2) is 0 Å². The third-order valence-corrected chi connectivity index (χ3v) is 4.63. The molecule has 1 rings (SSSR count). The summed E-state index contributed by atoms with van der Waals surface area (Å²) in [5, 5.41) is 12.2. The first kappa shape index (κ1) is 19.4. The number of aromatic carboxylic acids is 1. The highest BCUT2D eigenvalue weighted by Crippen LogP contribution is 2.20. The molecule has 0 saturated carbocycles. The summed E-state index contributed by atoms with van der Waals surface area (Å²) >= 11 is 0. The number of benzene rings is 1. The van der Waals surface area contributed by atoms with Gasteiger partial charge in [-0.25, -0.2) is 17.9 Å². The summed E-state index contributed by atoms with van der Waals surface area (Å²) in [4.78, 5) is 11.3. The predicted molar refractivity (Wildman–Crippen MR) is 88.4 cm³/mol. The van der Waals surface area contributed by atoms with Gasteiger partial charge in [-0.1, -0.05) is 13.8 Å². The molecule has 0 radical (unpaired) electrons. The number of carbonyl (C=O) groups is 1. The average Bonchev–Trinajstić information content (AvgIpc) is 2.46. The van der Waals surface area contributed by atoms with Crippen LogP contribution in [0.2, 0.25) is 0 Å². The van der Waals surface area contributed by atoms with Crippen LogP contribution in [-0.2, 0) is 14.8 Å². The topological polar surface area (TPSA) is 105 Å². The minimum Gasteiger partial charge on any atom is -0.478 e. The molecule has 7 nitrogen and oxygen atoms in total. The van der Waals surface area contributed by atoms with Gasteiger partial charge in [-0.15, -0.1) is 0 Å². The Morgan fingerprint density at radius 2 is 2.00 bits per heavy atom. The van der Waals surface area contributed by atoms with Crippen LogP contribution in [0, 0.1) is 5.92 Å². The van der Waals surface area contributed by atoms with Gasteiger partial charge in [-0.05, 0) is 30.5 Å². The molecule has 0 bridgehead atoms. The van der Waals surface area contributed by atoms with E-state index in [0.717, 1.165) is 6.07 Å². The van der Waals surface area contributed by atoms with Gasteiger partial charge in [0.05, 0.1) is 17.1 Å². The van der Waals surface area contributed by atoms with E-state index in [2.05, 4.69) is 10.0 Å². The van der Waals surface area contributed by atoms with E-state index in [-0.39, 0.29) is 10.5 Å². The smallest absolute Gasteiger partial charge is 0.337 e. The molecule has 0 atom stereocenters. The van der Waals surface area contributed by atoms with Crippen molar-refractivity contribution in [2.24, 2.45) is 5.92 Å². The summed E-state index contributed by atoms with van der Waals surface area (Å²) in [6.45, 7) is 5.15. The van der Waals surface area contributed by atoms with E-state index in [0.29, 0.717) is 37.7 Å². The van der Waals surface area contributed by atoms with Gasteiger partial charge < -0.3 is 15.2 Å². The second kappa shape index (κ2) is 8.85. The zero-order valence-corrected chi connectivity index (χ0v) is 14.4. The van der Waals surface area contributed by atoms with E-state index >= 15 is 0 Å². The van der Waals surface area contributed by atoms with Crippen LogP contribution in [0.25, 0.3) is 0 Å². The fraction of sp³-hybridized carbons (Fsp3) is 0.533. The van der Waals surface area contributed by atoms with Crippen LogP contribution in [0.5, 0.6) is 0 Å². The van der Waals surface area contributed by atoms with Crippen molar-refractivity contribution in [2.45, 2.75) is 25.2 Å². The van der Waals surface area contributed by atoms with Gasteiger partial charge in [0.1, 0.15) is 0 Å². The molecular weight excluding hydrogens is 320 g/mol. The van der Waals surface area contributed by atoms with Gasteiger partial charge >= 0.3 is 5.97 Å². The van der Waals surface area contributed by atoms with Crippen LogP contribution in [0.1, 0.15) is 30.6 Å². The first-order valence-electron chi connectivity index (χ1n) is 7.37. The lowest BCUT2D eigenvalue weighted by Gasteiger charge is -2.12. The molecule has 0 fully saturated rings. The van der Waals surface area contributed by atoms with Crippen molar-refractivity contribution < 1.29 is 23.1 Å². The van der Waals surface area contributed by atoms with Crippen LogP contribution in [0.3, 0.4) is 0 Å². The molecule has 0 aliphatic rings. The van der Waals surface area contributed by atoms with Crippen LogP contribution < -0.4 is 10.0 Å². The lowest BCUT2D eigenvalue weighted by atomic mass is 10.1. The van der Waals surface area contributed by atoms with E-state index in [1.165, 1.54) is 19.2 Å². The maximum Gasteiger partial charge on any atom is 0.337 e. The fourth-order valence-corrected chi connectivity index (χ4v) is 2.95. The predicted octanol–water partition coefficient (Wildman–Crippen LogP) is 1.77. The van der Waals surface area contributed by atoms with Crippen molar-refractivity contribution >= 4 is 21.7 Å². The molecular formula is C15H24N2O5S. The molecule has 0 aromatic heterocycles. The molecule has 0 aliphatic carbocycles. The van der Waals surface area contributed by atoms with Crippen molar-refractivity contribution in [3.05, 3.63) is 23.8 Å². The molecule has 1 aromatic rings. The first-order chi connectivity index (χ1) is 10.8. The van der Waals surface area contributed by atoms with Gasteiger partial charge in [0.25, 0.3) is 0 Å². The summed E-state index contributed by atoms with van der Waals surface area (Å²) in [6, 6.07) is 4.00. The summed E-state index contributed by atoms with van der Waals surface area (Å²) in [7, 11) is -2.18. The number of rotatable bonds is 10. The Bertz CT molecular complexity index is 629. The van der Waals surface area contributed by atoms with Crippen molar-refractivity contribution in [3.63, 3.8) is 0 Å². The van der Waals surface area contributed by atoms with Gasteiger partial charge in [-0.2, -0.15) is 0 Å². The van der Waals surface area contributed by atoms with Crippen molar-refractivity contribution in [3.8, 4) is 0 Å². The van der Waals surface area contributed by atoms with Crippen LogP contribution >= 0.6 is 0 Å². The van der Waals surface area contributed by atoms with E-state index in [1.807, 2.05) is 13.8 Å². The number of anilines is 1. The average molecular weight is 344 g/mol. The number of carboxylic acids is 1. The number of carboxylic acid groups (broad SMARTS) is 1. The monoisotopic (exact) mass is 344 g/mol. The second-order valence-electron chi connectivity index (χ2n) is 5.51. The normalized spacial score (nSPS) is 11.7. The Morgan fingerprint density at radius 1 is 1.30 bits per heavy atom. The number of ether oxygens (including phenoxy) is 1. The molecule has 0 spiro atoms. The number of hydrogen-bond acceptors (Lipinski definition) is 5. The highest BCUT2D eigenvalue weighted by atomic mass is 32.2. The summed E-state index contributed by atoms with van der Waals surface area (Å²) < 4.78 is 31.8. The molecule has 8 heteroatoms. The number of nitrogens with one attached hydrogen (secondary N) is 2. The summed E-state index contributed by atoms with van der Waals surface area (Å²) in [6.07, 6.45) is 0.710. The van der Waals surface area contributed by atoms with E-state index in [4.69, 9.17) is 4.74 Å². The van der Waals surface area contributed by atoms with E-state index < -0.39 is 16.0 Å². The molecule has 0 unspecified atom stereocenters. The first-order valence-corrected chi connectivity index (χ1v) is 8.86. The molecule has 1 aromatic carbocycles. The van der Waals surface area contributed by atoms with Crippen LogP contribution in [0.4, 0.5) is 5.69 Å². The van der Waals surface area contributed by atoms with Gasteiger partial charge in [0, 0.05) is 25.9 Å². The standard InChI is InChI=1S/C15H24N2O5S/c1-11(2)6-7-17-23(20,21)12-4-5-14(16-8-9-22-3)13(10-12)15(18)19/h4-5,10-11,16-17H,6-9H2,1-3H3,(H,18,19). The minimum absolute atomic E-state index is 0.0593. The van der Waals surface area contributed by atoms with Gasteiger partial charge in [0.2, 0.25) is 10.0 Å². The molecule has 0 saturated heterocycles. The zero-order chi connectivity index (χ0) is 17.5. The van der Waals surface area contributed by atoms with Gasteiger partial charge in [-0.3, -0.25) is 0 Å². The minimum atomic E-state index is -3.72. The van der Waals surface area contributed by atoms with E-state index in [9.17, 15) is 18.3 Å². The van der Waals surface area contributed by atoms with E-state index in [1.54, 1.807) is 0 Å².